The highest BCUT2D eigenvalue weighted by Crippen LogP contribution is 2.46. The fraction of sp³-hybridized carbons (Fsp3) is 0.0444. The number of carboxylic acids is 1. The molecule has 0 spiro atoms. The fourth-order valence-corrected chi connectivity index (χ4v) is 6.61. The maximum atomic E-state index is 13.5. The molecule has 7 aromatic rings. The van der Waals surface area contributed by atoms with Crippen molar-refractivity contribution in [2.24, 2.45) is 0 Å². The van der Waals surface area contributed by atoms with Gasteiger partial charge in [-0.3, -0.25) is 0 Å². The van der Waals surface area contributed by atoms with Crippen LogP contribution in [0.4, 0.5) is 0 Å². The van der Waals surface area contributed by atoms with E-state index < -0.39 is 17.2 Å². The van der Waals surface area contributed by atoms with E-state index in [1.165, 1.54) is 0 Å². The number of carbonyl (C=O) groups is 1. The van der Waals surface area contributed by atoms with E-state index >= 15 is 0 Å². The molecule has 0 saturated heterocycles. The van der Waals surface area contributed by atoms with Gasteiger partial charge in [0.1, 0.15) is 17.1 Å². The van der Waals surface area contributed by atoms with Crippen LogP contribution in [0.3, 0.4) is 0 Å². The van der Waals surface area contributed by atoms with E-state index in [2.05, 4.69) is 0 Å². The van der Waals surface area contributed by atoms with Crippen LogP contribution in [0.1, 0.15) is 43.7 Å². The molecular formula is C45H34O4. The smallest absolute Gasteiger partial charge is 0.343 e. The molecule has 0 unspecified atom stereocenters. The zero-order valence-electron chi connectivity index (χ0n) is 26.7. The van der Waals surface area contributed by atoms with E-state index in [1.54, 1.807) is 18.2 Å². The van der Waals surface area contributed by atoms with Crippen molar-refractivity contribution in [2.75, 3.05) is 0 Å². The Labute approximate surface area is 286 Å². The first-order valence-corrected chi connectivity index (χ1v) is 16.2. The third kappa shape index (κ3) is 5.85. The van der Waals surface area contributed by atoms with Crippen LogP contribution in [0.15, 0.2) is 200 Å². The predicted molar refractivity (Wildman–Crippen MR) is 193 cm³/mol. The summed E-state index contributed by atoms with van der Waals surface area (Å²) >= 11 is 0. The van der Waals surface area contributed by atoms with Crippen LogP contribution in [-0.4, -0.2) is 11.1 Å². The molecule has 0 radical (unpaired) electrons. The first-order valence-electron chi connectivity index (χ1n) is 16.2. The molecule has 0 aromatic heterocycles. The van der Waals surface area contributed by atoms with Gasteiger partial charge in [-0.15, -0.1) is 0 Å². The highest BCUT2D eigenvalue weighted by molar-refractivity contribution is 5.94. The Morgan fingerprint density at radius 2 is 0.571 bits per heavy atom. The van der Waals surface area contributed by atoms with Crippen LogP contribution in [0.25, 0.3) is 0 Å². The standard InChI is InChI=1S/C45H34O4/c46-43(47)42-40(48-44(34-20-7-1-8-21-34,35-22-9-2-10-23-35)36-24-11-3-12-25-36)32-19-33-41(42)49-45(37-26-13-4-14-27-37,38-28-15-5-16-29-38)39-30-17-6-18-31-39/h1-33H,(H,46,47). The van der Waals surface area contributed by atoms with Gasteiger partial charge < -0.3 is 14.6 Å². The summed E-state index contributed by atoms with van der Waals surface area (Å²) in [7, 11) is 0. The summed E-state index contributed by atoms with van der Waals surface area (Å²) in [5.41, 5.74) is 2.63. The SMILES string of the molecule is O=C(O)c1c(OC(c2ccccc2)(c2ccccc2)c2ccccc2)cccc1OC(c1ccccc1)(c1ccccc1)c1ccccc1. The fourth-order valence-electron chi connectivity index (χ4n) is 6.61. The summed E-state index contributed by atoms with van der Waals surface area (Å²) in [6, 6.07) is 64.6. The zero-order valence-corrected chi connectivity index (χ0v) is 26.7. The van der Waals surface area contributed by atoms with Crippen molar-refractivity contribution < 1.29 is 19.4 Å². The summed E-state index contributed by atoms with van der Waals surface area (Å²) in [6.07, 6.45) is 0. The molecule has 0 amide bonds. The molecule has 0 bridgehead atoms. The third-order valence-corrected chi connectivity index (χ3v) is 8.81. The predicted octanol–water partition coefficient (Wildman–Crippen LogP) is 10.1. The van der Waals surface area contributed by atoms with E-state index in [4.69, 9.17) is 9.47 Å². The number of benzene rings is 7. The summed E-state index contributed by atoms with van der Waals surface area (Å²) in [5.74, 6) is -0.828. The van der Waals surface area contributed by atoms with Crippen molar-refractivity contribution in [3.8, 4) is 11.5 Å². The van der Waals surface area contributed by atoms with Gasteiger partial charge in [-0.1, -0.05) is 188 Å². The Bertz CT molecular complexity index is 1780. The maximum Gasteiger partial charge on any atom is 0.343 e. The first-order chi connectivity index (χ1) is 24.1. The van der Waals surface area contributed by atoms with Crippen LogP contribution in [-0.2, 0) is 11.2 Å². The van der Waals surface area contributed by atoms with Gasteiger partial charge in [0.2, 0.25) is 0 Å². The van der Waals surface area contributed by atoms with E-state index in [9.17, 15) is 9.90 Å². The van der Waals surface area contributed by atoms with Gasteiger partial charge >= 0.3 is 5.97 Å². The summed E-state index contributed by atoms with van der Waals surface area (Å²) < 4.78 is 14.3. The Morgan fingerprint density at radius 3 is 0.776 bits per heavy atom. The van der Waals surface area contributed by atoms with Crippen molar-refractivity contribution in [1.29, 1.82) is 0 Å². The second kappa shape index (κ2) is 13.8. The van der Waals surface area contributed by atoms with Crippen molar-refractivity contribution in [1.82, 2.24) is 0 Å². The van der Waals surface area contributed by atoms with Gasteiger partial charge in [0, 0.05) is 33.4 Å². The van der Waals surface area contributed by atoms with Gasteiger partial charge in [0.15, 0.2) is 11.2 Å². The molecule has 238 valence electrons. The van der Waals surface area contributed by atoms with Crippen LogP contribution < -0.4 is 9.47 Å². The van der Waals surface area contributed by atoms with Crippen molar-refractivity contribution >= 4 is 5.97 Å². The van der Waals surface area contributed by atoms with Crippen LogP contribution in [0.2, 0.25) is 0 Å². The van der Waals surface area contributed by atoms with Gasteiger partial charge in [-0.05, 0) is 12.1 Å². The van der Waals surface area contributed by atoms with Crippen LogP contribution in [0, 0.1) is 0 Å². The monoisotopic (exact) mass is 638 g/mol. The third-order valence-electron chi connectivity index (χ3n) is 8.81. The molecule has 0 saturated carbocycles. The lowest BCUT2D eigenvalue weighted by atomic mass is 9.79. The molecular weight excluding hydrogens is 604 g/mol. The highest BCUT2D eigenvalue weighted by Gasteiger charge is 2.43. The lowest BCUT2D eigenvalue weighted by molar-refractivity contribution is 0.0669. The lowest BCUT2D eigenvalue weighted by Gasteiger charge is -2.38. The largest absolute Gasteiger partial charge is 0.477 e. The second-order valence-electron chi connectivity index (χ2n) is 11.7. The Kier molecular flexibility index (Phi) is 8.77. The minimum atomic E-state index is -1.19. The average Bonchev–Trinajstić information content (AvgIpc) is 3.18. The molecule has 7 aromatic carbocycles. The zero-order chi connectivity index (χ0) is 33.5. The Hall–Kier alpha value is -6.39. The lowest BCUT2D eigenvalue weighted by Crippen LogP contribution is -2.37. The van der Waals surface area contributed by atoms with Crippen molar-refractivity contribution in [3.63, 3.8) is 0 Å². The molecule has 0 fully saturated rings. The summed E-state index contributed by atoms with van der Waals surface area (Å²) in [6.45, 7) is 0. The molecule has 0 aliphatic rings. The Morgan fingerprint density at radius 1 is 0.347 bits per heavy atom. The minimum absolute atomic E-state index is 0.0816. The van der Waals surface area contributed by atoms with Crippen molar-refractivity contribution in [2.45, 2.75) is 11.2 Å². The van der Waals surface area contributed by atoms with E-state index in [0.717, 1.165) is 33.4 Å². The van der Waals surface area contributed by atoms with Gasteiger partial charge in [0.05, 0.1) is 0 Å². The van der Waals surface area contributed by atoms with Crippen LogP contribution >= 0.6 is 0 Å². The molecule has 7 rings (SSSR count). The molecule has 0 heterocycles. The minimum Gasteiger partial charge on any atom is -0.477 e. The van der Waals surface area contributed by atoms with Gasteiger partial charge in [0.25, 0.3) is 0 Å². The summed E-state index contributed by atoms with van der Waals surface area (Å²) in [5, 5.41) is 11.0. The molecule has 4 heteroatoms. The molecule has 0 aliphatic heterocycles. The number of hydrogen-bond donors (Lipinski definition) is 1. The van der Waals surface area contributed by atoms with Crippen molar-refractivity contribution in [3.05, 3.63) is 239 Å². The maximum absolute atomic E-state index is 13.5. The molecule has 49 heavy (non-hydrogen) atoms. The van der Waals surface area contributed by atoms with Gasteiger partial charge in [-0.25, -0.2) is 4.79 Å². The molecule has 1 N–H and O–H groups in total. The van der Waals surface area contributed by atoms with E-state index in [-0.39, 0.29) is 17.1 Å². The molecule has 4 nitrogen and oxygen atoms in total. The normalized spacial score (nSPS) is 11.4. The quantitative estimate of drug-likeness (QED) is 0.143. The summed E-state index contributed by atoms with van der Waals surface area (Å²) in [4.78, 5) is 13.5. The van der Waals surface area contributed by atoms with Crippen LogP contribution in [0.5, 0.6) is 11.5 Å². The molecule has 0 atom stereocenters. The molecule has 0 aliphatic carbocycles. The number of hydrogen-bond acceptors (Lipinski definition) is 3. The topological polar surface area (TPSA) is 55.8 Å². The Balaban J connectivity index is 1.48. The number of carboxylic acid groups (broad SMARTS) is 1. The van der Waals surface area contributed by atoms with Gasteiger partial charge in [-0.2, -0.15) is 0 Å². The number of ether oxygens (including phenoxy) is 2. The van der Waals surface area contributed by atoms with E-state index in [1.807, 2.05) is 182 Å². The first kappa shape index (κ1) is 31.2. The number of rotatable bonds is 11. The van der Waals surface area contributed by atoms with E-state index in [0.29, 0.717) is 0 Å². The number of aromatic carboxylic acids is 1. The average molecular weight is 639 g/mol. The second-order valence-corrected chi connectivity index (χ2v) is 11.7. The highest BCUT2D eigenvalue weighted by atomic mass is 16.5.